The molecule has 0 aliphatic carbocycles. The highest BCUT2D eigenvalue weighted by Gasteiger charge is 2.32. The van der Waals surface area contributed by atoms with E-state index in [0.29, 0.717) is 11.8 Å². The fourth-order valence-electron chi connectivity index (χ4n) is 2.08. The van der Waals surface area contributed by atoms with E-state index in [-0.39, 0.29) is 5.97 Å². The van der Waals surface area contributed by atoms with Crippen LogP contribution in [0.1, 0.15) is 45.7 Å². The topological polar surface area (TPSA) is 64.4 Å². The molecule has 0 fully saturated rings. The van der Waals surface area contributed by atoms with Crippen LogP contribution in [0.2, 0.25) is 0 Å². The first-order valence-electron chi connectivity index (χ1n) is 7.49. The maximum absolute atomic E-state index is 12.0. The molecule has 1 unspecified atom stereocenters. The molecule has 0 amide bonds. The van der Waals surface area contributed by atoms with E-state index in [0.717, 1.165) is 37.3 Å². The number of esters is 1. The van der Waals surface area contributed by atoms with E-state index < -0.39 is 5.54 Å². The third-order valence-corrected chi connectivity index (χ3v) is 4.11. The van der Waals surface area contributed by atoms with E-state index in [1.54, 1.807) is 18.0 Å². The van der Waals surface area contributed by atoms with Crippen LogP contribution in [-0.2, 0) is 9.53 Å². The van der Waals surface area contributed by atoms with Crippen molar-refractivity contribution in [1.82, 2.24) is 10.3 Å². The Morgan fingerprint density at radius 1 is 1.48 bits per heavy atom. The number of thioether (sulfide) groups is 1. The van der Waals surface area contributed by atoms with Gasteiger partial charge in [-0.15, -0.1) is 0 Å². The average molecular weight is 314 g/mol. The van der Waals surface area contributed by atoms with Gasteiger partial charge in [0.25, 0.3) is 5.22 Å². The summed E-state index contributed by atoms with van der Waals surface area (Å²) in [4.78, 5) is 16.3. The minimum atomic E-state index is -0.588. The van der Waals surface area contributed by atoms with Gasteiger partial charge in [0.1, 0.15) is 11.8 Å². The number of aryl methyl sites for hydroxylation is 1. The molecule has 1 aromatic heterocycles. The second-order valence-electron chi connectivity index (χ2n) is 5.14. The van der Waals surface area contributed by atoms with Crippen molar-refractivity contribution in [2.75, 3.05) is 18.9 Å². The molecule has 1 heterocycles. The third kappa shape index (κ3) is 6.09. The quantitative estimate of drug-likeness (QED) is 0.406. The van der Waals surface area contributed by atoms with Gasteiger partial charge in [-0.2, -0.15) is 0 Å². The Morgan fingerprint density at radius 3 is 2.81 bits per heavy atom. The average Bonchev–Trinajstić information content (AvgIpc) is 2.84. The molecule has 0 saturated carbocycles. The van der Waals surface area contributed by atoms with E-state index >= 15 is 0 Å². The molecular weight excluding hydrogens is 288 g/mol. The smallest absolute Gasteiger partial charge is 0.326 e. The summed E-state index contributed by atoms with van der Waals surface area (Å²) in [5.41, 5.74) is 0.314. The molecule has 1 aromatic rings. The van der Waals surface area contributed by atoms with E-state index in [4.69, 9.17) is 9.15 Å². The van der Waals surface area contributed by atoms with Crippen LogP contribution in [0.15, 0.2) is 15.9 Å². The van der Waals surface area contributed by atoms with Gasteiger partial charge in [-0.25, -0.2) is 4.98 Å². The Balaban J connectivity index is 2.31. The van der Waals surface area contributed by atoms with Crippen molar-refractivity contribution < 1.29 is 13.9 Å². The summed E-state index contributed by atoms with van der Waals surface area (Å²) in [7, 11) is 0. The predicted octanol–water partition coefficient (Wildman–Crippen LogP) is 3.18. The summed E-state index contributed by atoms with van der Waals surface area (Å²) in [6, 6.07) is 0. The maximum atomic E-state index is 12.0. The maximum Gasteiger partial charge on any atom is 0.326 e. The predicted molar refractivity (Wildman–Crippen MR) is 84.5 cm³/mol. The minimum absolute atomic E-state index is 0.164. The van der Waals surface area contributed by atoms with Gasteiger partial charge in [0.05, 0.1) is 12.3 Å². The van der Waals surface area contributed by atoms with Crippen LogP contribution < -0.4 is 5.32 Å². The highest BCUT2D eigenvalue weighted by Crippen LogP contribution is 2.21. The summed E-state index contributed by atoms with van der Waals surface area (Å²) in [5.74, 6) is 0.771. The molecule has 0 aromatic carbocycles. The number of hydrogen-bond acceptors (Lipinski definition) is 6. The molecule has 0 aliphatic rings. The second kappa shape index (κ2) is 9.10. The largest absolute Gasteiger partial charge is 0.465 e. The van der Waals surface area contributed by atoms with Gasteiger partial charge in [0, 0.05) is 5.75 Å². The normalized spacial score (nSPS) is 13.9. The number of aromatic nitrogens is 1. The Bertz CT molecular complexity index is 436. The van der Waals surface area contributed by atoms with Gasteiger partial charge in [0.15, 0.2) is 0 Å². The van der Waals surface area contributed by atoms with Crippen LogP contribution in [-0.4, -0.2) is 35.4 Å². The molecule has 1 rings (SSSR count). The molecule has 6 heteroatoms. The molecule has 0 bridgehead atoms. The van der Waals surface area contributed by atoms with E-state index in [9.17, 15) is 4.79 Å². The first-order chi connectivity index (χ1) is 10.0. The Morgan fingerprint density at radius 2 is 2.24 bits per heavy atom. The fraction of sp³-hybridized carbons (Fsp3) is 0.733. The van der Waals surface area contributed by atoms with Crippen LogP contribution in [0.4, 0.5) is 0 Å². The number of unbranched alkanes of at least 4 members (excludes halogenated alkanes) is 1. The number of ether oxygens (including phenoxy) is 1. The summed E-state index contributed by atoms with van der Waals surface area (Å²) in [6.07, 6.45) is 4.39. The van der Waals surface area contributed by atoms with Gasteiger partial charge in [-0.05, 0) is 40.2 Å². The molecule has 0 saturated heterocycles. The molecule has 0 spiro atoms. The van der Waals surface area contributed by atoms with Crippen molar-refractivity contribution in [3.63, 3.8) is 0 Å². The number of rotatable bonds is 10. The molecule has 5 nitrogen and oxygen atoms in total. The lowest BCUT2D eigenvalue weighted by Crippen LogP contribution is -2.50. The summed E-state index contributed by atoms with van der Waals surface area (Å²) in [6.45, 7) is 8.82. The Hall–Kier alpha value is -1.01. The van der Waals surface area contributed by atoms with Gasteiger partial charge in [0.2, 0.25) is 0 Å². The summed E-state index contributed by atoms with van der Waals surface area (Å²) in [5, 5.41) is 3.96. The molecule has 0 radical (unpaired) electrons. The van der Waals surface area contributed by atoms with Crippen LogP contribution in [0.25, 0.3) is 0 Å². The van der Waals surface area contributed by atoms with Crippen molar-refractivity contribution in [2.45, 2.75) is 57.7 Å². The Labute approximate surface area is 131 Å². The highest BCUT2D eigenvalue weighted by atomic mass is 32.2. The van der Waals surface area contributed by atoms with E-state index in [2.05, 4.69) is 10.3 Å². The van der Waals surface area contributed by atoms with E-state index in [1.165, 1.54) is 0 Å². The van der Waals surface area contributed by atoms with Crippen molar-refractivity contribution >= 4 is 17.7 Å². The number of nitrogens with one attached hydrogen (secondary N) is 1. The van der Waals surface area contributed by atoms with Crippen LogP contribution in [0.3, 0.4) is 0 Å². The molecule has 120 valence electrons. The highest BCUT2D eigenvalue weighted by molar-refractivity contribution is 7.99. The van der Waals surface area contributed by atoms with Gasteiger partial charge < -0.3 is 14.5 Å². The molecule has 1 N–H and O–H groups in total. The number of carbonyl (C=O) groups is 1. The number of hydrogen-bond donors (Lipinski definition) is 1. The second-order valence-corrected chi connectivity index (χ2v) is 6.19. The van der Waals surface area contributed by atoms with Crippen molar-refractivity contribution in [3.8, 4) is 0 Å². The molecule has 0 aliphatic heterocycles. The fourth-order valence-corrected chi connectivity index (χ4v) is 2.93. The van der Waals surface area contributed by atoms with Gasteiger partial charge in [-0.1, -0.05) is 25.1 Å². The molecule has 1 atom stereocenters. The minimum Gasteiger partial charge on any atom is -0.465 e. The van der Waals surface area contributed by atoms with Crippen molar-refractivity contribution in [2.24, 2.45) is 0 Å². The zero-order valence-corrected chi connectivity index (χ0v) is 14.2. The van der Waals surface area contributed by atoms with E-state index in [1.807, 2.05) is 27.7 Å². The standard InChI is InChI=1S/C15H26N2O3S/c1-5-16-15(4,13(18)19-6-2)9-7-8-10-21-14-17-12(3)11-20-14/h11,16H,5-10H2,1-4H3. The Kier molecular flexibility index (Phi) is 7.82. The SMILES string of the molecule is CCNC(C)(CCCCSc1nc(C)co1)C(=O)OCC. The monoisotopic (exact) mass is 314 g/mol. The number of likely N-dealkylation sites (N-methyl/N-ethyl adjacent to an activating group) is 1. The summed E-state index contributed by atoms with van der Waals surface area (Å²) >= 11 is 1.61. The first-order valence-corrected chi connectivity index (χ1v) is 8.47. The summed E-state index contributed by atoms with van der Waals surface area (Å²) < 4.78 is 10.4. The zero-order chi connectivity index (χ0) is 15.7. The third-order valence-electron chi connectivity index (χ3n) is 3.19. The van der Waals surface area contributed by atoms with Crippen LogP contribution >= 0.6 is 11.8 Å². The zero-order valence-electron chi connectivity index (χ0n) is 13.4. The van der Waals surface area contributed by atoms with Gasteiger partial charge in [-0.3, -0.25) is 4.79 Å². The number of carbonyl (C=O) groups excluding carboxylic acids is 1. The lowest BCUT2D eigenvalue weighted by Gasteiger charge is -2.28. The van der Waals surface area contributed by atoms with Crippen molar-refractivity contribution in [3.05, 3.63) is 12.0 Å². The van der Waals surface area contributed by atoms with Gasteiger partial charge >= 0.3 is 5.97 Å². The van der Waals surface area contributed by atoms with Crippen LogP contribution in [0.5, 0.6) is 0 Å². The van der Waals surface area contributed by atoms with Crippen molar-refractivity contribution in [1.29, 1.82) is 0 Å². The number of nitrogens with zero attached hydrogens (tertiary/aromatic N) is 1. The lowest BCUT2D eigenvalue weighted by atomic mass is 9.95. The molecule has 21 heavy (non-hydrogen) atoms. The molecular formula is C15H26N2O3S. The van der Waals surface area contributed by atoms with Crippen LogP contribution in [0, 0.1) is 6.92 Å². The lowest BCUT2D eigenvalue weighted by molar-refractivity contribution is -0.150. The first kappa shape index (κ1) is 18.0. The number of oxazole rings is 1.